The average molecular weight is 290 g/mol. The summed E-state index contributed by atoms with van der Waals surface area (Å²) in [6, 6.07) is 15.3. The quantitative estimate of drug-likeness (QED) is 0.804. The van der Waals surface area contributed by atoms with Crippen LogP contribution in [0.3, 0.4) is 0 Å². The van der Waals surface area contributed by atoms with E-state index in [9.17, 15) is 4.79 Å². The molecule has 0 radical (unpaired) electrons. The number of aromatic nitrogens is 1. The summed E-state index contributed by atoms with van der Waals surface area (Å²) in [5.74, 6) is 0.515. The second-order valence-electron chi connectivity index (χ2n) is 5.00. The summed E-state index contributed by atoms with van der Waals surface area (Å²) in [7, 11) is 0. The van der Waals surface area contributed by atoms with E-state index in [2.05, 4.69) is 4.98 Å². The van der Waals surface area contributed by atoms with Crippen LogP contribution in [-0.4, -0.2) is 11.6 Å². The third-order valence-corrected chi connectivity index (χ3v) is 3.61. The maximum Gasteiger partial charge on any atom is 0.255 e. The normalized spacial score (nSPS) is 10.4. The first-order chi connectivity index (χ1) is 10.7. The Morgan fingerprint density at radius 1 is 1.14 bits per heavy atom. The molecule has 1 aromatic heterocycles. The average Bonchev–Trinajstić information content (AvgIpc) is 2.54. The molecule has 0 saturated heterocycles. The molecule has 0 saturated carbocycles. The molecule has 0 atom stereocenters. The van der Waals surface area contributed by atoms with Gasteiger partial charge in [-0.25, -0.2) is 0 Å². The first-order valence-corrected chi connectivity index (χ1v) is 6.92. The van der Waals surface area contributed by atoms with Gasteiger partial charge in [0.25, 0.3) is 5.56 Å². The molecule has 0 fully saturated rings. The molecule has 0 unspecified atom stereocenters. The molecule has 0 bridgehead atoms. The number of benzene rings is 2. The lowest BCUT2D eigenvalue weighted by Crippen LogP contribution is -2.06. The van der Waals surface area contributed by atoms with E-state index in [4.69, 9.17) is 10.00 Å². The van der Waals surface area contributed by atoms with Crippen LogP contribution in [0.2, 0.25) is 0 Å². The number of aryl methyl sites for hydroxylation is 1. The van der Waals surface area contributed by atoms with E-state index in [-0.39, 0.29) is 12.2 Å². The molecule has 1 heterocycles. The second kappa shape index (κ2) is 5.74. The minimum absolute atomic E-state index is 0.0408. The van der Waals surface area contributed by atoms with Crippen molar-refractivity contribution in [2.45, 2.75) is 6.92 Å². The van der Waals surface area contributed by atoms with Gasteiger partial charge in [0.2, 0.25) is 0 Å². The zero-order valence-electron chi connectivity index (χ0n) is 12.1. The number of hydrogen-bond donors (Lipinski definition) is 1. The van der Waals surface area contributed by atoms with Gasteiger partial charge in [-0.15, -0.1) is 0 Å². The lowest BCUT2D eigenvalue weighted by molar-refractivity contribution is 0.368. The van der Waals surface area contributed by atoms with Gasteiger partial charge in [-0.05, 0) is 41.6 Å². The molecule has 22 heavy (non-hydrogen) atoms. The Morgan fingerprint density at radius 3 is 2.73 bits per heavy atom. The minimum atomic E-state index is -0.172. The number of pyridine rings is 1. The van der Waals surface area contributed by atoms with Crippen molar-refractivity contribution in [1.82, 2.24) is 4.98 Å². The van der Waals surface area contributed by atoms with E-state index >= 15 is 0 Å². The summed E-state index contributed by atoms with van der Waals surface area (Å²) in [5.41, 5.74) is 3.02. The van der Waals surface area contributed by atoms with Crippen LogP contribution < -0.4 is 10.3 Å². The fourth-order valence-corrected chi connectivity index (χ4v) is 2.54. The largest absolute Gasteiger partial charge is 0.479 e. The third kappa shape index (κ3) is 2.45. The Balaban J connectivity index is 2.22. The molecule has 4 nitrogen and oxygen atoms in total. The summed E-state index contributed by atoms with van der Waals surface area (Å²) in [6.07, 6.45) is 1.74. The van der Waals surface area contributed by atoms with Gasteiger partial charge in [0.05, 0.1) is 5.39 Å². The van der Waals surface area contributed by atoms with E-state index < -0.39 is 0 Å². The predicted molar refractivity (Wildman–Crippen MR) is 85.8 cm³/mol. The topological polar surface area (TPSA) is 65.9 Å². The minimum Gasteiger partial charge on any atom is -0.479 e. The number of nitrogens with zero attached hydrogens (tertiary/aromatic N) is 1. The first-order valence-electron chi connectivity index (χ1n) is 6.92. The molecule has 0 aliphatic rings. The van der Waals surface area contributed by atoms with Crippen LogP contribution in [0.5, 0.6) is 5.75 Å². The number of H-pyrrole nitrogens is 1. The fraction of sp³-hybridized carbons (Fsp3) is 0.111. The van der Waals surface area contributed by atoms with Crippen molar-refractivity contribution in [1.29, 1.82) is 5.26 Å². The zero-order valence-corrected chi connectivity index (χ0v) is 12.1. The summed E-state index contributed by atoms with van der Waals surface area (Å²) in [5, 5.41) is 9.99. The van der Waals surface area contributed by atoms with Crippen LogP contribution >= 0.6 is 0 Å². The zero-order chi connectivity index (χ0) is 15.5. The highest BCUT2D eigenvalue weighted by Gasteiger charge is 2.09. The Labute approximate surface area is 127 Å². The first kappa shape index (κ1) is 13.9. The van der Waals surface area contributed by atoms with Crippen LogP contribution in [-0.2, 0) is 0 Å². The van der Waals surface area contributed by atoms with Gasteiger partial charge in [0.15, 0.2) is 6.61 Å². The van der Waals surface area contributed by atoms with Crippen LogP contribution in [0.25, 0.3) is 21.9 Å². The number of nitriles is 1. The summed E-state index contributed by atoms with van der Waals surface area (Å²) >= 11 is 0. The molecule has 3 rings (SSSR count). The molecule has 3 aromatic rings. The second-order valence-corrected chi connectivity index (χ2v) is 5.00. The highest BCUT2D eigenvalue weighted by atomic mass is 16.5. The molecule has 0 spiro atoms. The molecule has 1 N–H and O–H groups in total. The summed E-state index contributed by atoms with van der Waals surface area (Å²) in [4.78, 5) is 14.9. The Morgan fingerprint density at radius 2 is 1.95 bits per heavy atom. The van der Waals surface area contributed by atoms with Crippen LogP contribution in [0.1, 0.15) is 5.56 Å². The van der Waals surface area contributed by atoms with Crippen LogP contribution in [0.15, 0.2) is 53.5 Å². The van der Waals surface area contributed by atoms with E-state index in [0.29, 0.717) is 11.1 Å². The highest BCUT2D eigenvalue weighted by molar-refractivity contribution is 5.97. The third-order valence-electron chi connectivity index (χ3n) is 3.61. The van der Waals surface area contributed by atoms with E-state index in [1.807, 2.05) is 43.3 Å². The molecular weight excluding hydrogens is 276 g/mol. The van der Waals surface area contributed by atoms with E-state index in [0.717, 1.165) is 22.1 Å². The van der Waals surface area contributed by atoms with Crippen molar-refractivity contribution < 1.29 is 4.74 Å². The van der Waals surface area contributed by atoms with E-state index in [1.54, 1.807) is 18.3 Å². The Hall–Kier alpha value is -3.06. The van der Waals surface area contributed by atoms with Gasteiger partial charge in [-0.3, -0.25) is 4.79 Å². The van der Waals surface area contributed by atoms with Gasteiger partial charge in [0, 0.05) is 11.8 Å². The van der Waals surface area contributed by atoms with Gasteiger partial charge in [0.1, 0.15) is 11.8 Å². The maximum absolute atomic E-state index is 12.1. The van der Waals surface area contributed by atoms with Gasteiger partial charge < -0.3 is 9.72 Å². The molecule has 2 aromatic carbocycles. The van der Waals surface area contributed by atoms with Crippen molar-refractivity contribution in [2.75, 3.05) is 6.61 Å². The smallest absolute Gasteiger partial charge is 0.255 e. The number of ether oxygens (including phenoxy) is 1. The number of hydrogen-bond acceptors (Lipinski definition) is 3. The Bertz CT molecular complexity index is 936. The maximum atomic E-state index is 12.1. The summed E-state index contributed by atoms with van der Waals surface area (Å²) < 4.78 is 5.27. The standard InChI is InChI=1S/C18H14N2O2/c1-12-4-2-3-5-14(12)17-11-20-18(21)16-10-13(22-9-8-19)6-7-15(16)17/h2-7,10-11H,9H2,1H3,(H,20,21). The molecule has 0 amide bonds. The molecule has 4 heteroatoms. The van der Waals surface area contributed by atoms with Gasteiger partial charge in [-0.1, -0.05) is 24.3 Å². The summed E-state index contributed by atoms with van der Waals surface area (Å²) in [6.45, 7) is 2.00. The van der Waals surface area contributed by atoms with Crippen molar-refractivity contribution in [3.63, 3.8) is 0 Å². The SMILES string of the molecule is Cc1ccccc1-c1c[nH]c(=O)c2cc(OCC#N)ccc12. The molecule has 0 aliphatic heterocycles. The molecule has 108 valence electrons. The molecular formula is C18H14N2O2. The van der Waals surface area contributed by atoms with Crippen molar-refractivity contribution >= 4 is 10.8 Å². The predicted octanol–water partition coefficient (Wildman–Crippen LogP) is 3.41. The lowest BCUT2D eigenvalue weighted by Gasteiger charge is -2.10. The fourth-order valence-electron chi connectivity index (χ4n) is 2.54. The monoisotopic (exact) mass is 290 g/mol. The number of fused-ring (bicyclic) bond motifs is 1. The lowest BCUT2D eigenvalue weighted by atomic mass is 9.97. The van der Waals surface area contributed by atoms with Gasteiger partial charge >= 0.3 is 0 Å². The van der Waals surface area contributed by atoms with Crippen molar-refractivity contribution in [3.8, 4) is 22.9 Å². The van der Waals surface area contributed by atoms with Crippen molar-refractivity contribution in [2.24, 2.45) is 0 Å². The van der Waals surface area contributed by atoms with Gasteiger partial charge in [-0.2, -0.15) is 5.26 Å². The number of rotatable bonds is 3. The number of nitrogens with one attached hydrogen (secondary N) is 1. The number of aromatic amines is 1. The van der Waals surface area contributed by atoms with Crippen molar-refractivity contribution in [3.05, 3.63) is 64.6 Å². The van der Waals surface area contributed by atoms with Crippen LogP contribution in [0, 0.1) is 18.3 Å². The Kier molecular flexibility index (Phi) is 3.63. The van der Waals surface area contributed by atoms with Crippen LogP contribution in [0.4, 0.5) is 0 Å². The van der Waals surface area contributed by atoms with E-state index in [1.165, 1.54) is 0 Å². The highest BCUT2D eigenvalue weighted by Crippen LogP contribution is 2.30. The molecule has 0 aliphatic carbocycles.